The van der Waals surface area contributed by atoms with Gasteiger partial charge in [0, 0.05) is 12.0 Å². The molecule has 0 aliphatic rings. The Labute approximate surface area is 124 Å². The number of rotatable bonds is 8. The highest BCUT2D eigenvalue weighted by atomic mass is 35.9. The largest absolute Gasteiger partial charge is 0.445 e. The minimum Gasteiger partial charge on any atom is -0.445 e. The van der Waals surface area contributed by atoms with Crippen molar-refractivity contribution >= 4 is 47.7 Å². The third-order valence-corrected chi connectivity index (χ3v) is 3.49. The highest BCUT2D eigenvalue weighted by molar-refractivity contribution is 8.00. The average Bonchev–Trinajstić information content (AvgIpc) is 2.34. The van der Waals surface area contributed by atoms with Crippen molar-refractivity contribution in [3.8, 4) is 5.75 Å². The molecule has 0 aliphatic heterocycles. The smallest absolute Gasteiger partial charge is 0.284 e. The van der Waals surface area contributed by atoms with Crippen molar-refractivity contribution < 1.29 is 9.32 Å². The Morgan fingerprint density at radius 2 is 1.83 bits per heavy atom. The zero-order valence-electron chi connectivity index (χ0n) is 9.81. The van der Waals surface area contributed by atoms with E-state index >= 15 is 0 Å². The van der Waals surface area contributed by atoms with E-state index < -0.39 is 6.85 Å². The van der Waals surface area contributed by atoms with Crippen LogP contribution in [0.4, 0.5) is 0 Å². The van der Waals surface area contributed by atoms with Crippen molar-refractivity contribution in [1.82, 2.24) is 0 Å². The lowest BCUT2D eigenvalue weighted by molar-refractivity contribution is 0.0979. The summed E-state index contributed by atoms with van der Waals surface area (Å²) in [6.45, 7) is -1.46. The molecule has 0 unspecified atom stereocenters. The third-order valence-electron chi connectivity index (χ3n) is 2.41. The predicted octanol–water partition coefficient (Wildman–Crippen LogP) is 5.44. The minimum absolute atomic E-state index is 0.153. The zero-order chi connectivity index (χ0) is 13.4. The van der Waals surface area contributed by atoms with E-state index in [-0.39, 0.29) is 5.78 Å². The van der Waals surface area contributed by atoms with Gasteiger partial charge in [0.1, 0.15) is 5.75 Å². The van der Waals surface area contributed by atoms with Crippen LogP contribution in [0.1, 0.15) is 36.0 Å². The first-order chi connectivity index (χ1) is 8.63. The monoisotopic (exact) mass is 324 g/mol. The average molecular weight is 325 g/mol. The number of ketones is 1. The van der Waals surface area contributed by atoms with Crippen LogP contribution in [0, 0.1) is 0 Å². The van der Waals surface area contributed by atoms with Gasteiger partial charge < -0.3 is 4.52 Å². The molecule has 0 radical (unpaired) electrons. The van der Waals surface area contributed by atoms with Gasteiger partial charge in [-0.3, -0.25) is 4.79 Å². The fourth-order valence-corrected chi connectivity index (χ4v) is 2.48. The van der Waals surface area contributed by atoms with E-state index in [1.165, 1.54) is 0 Å². The predicted molar refractivity (Wildman–Crippen MR) is 82.3 cm³/mol. The number of halogens is 2. The Morgan fingerprint density at radius 3 is 2.39 bits per heavy atom. The molecule has 18 heavy (non-hydrogen) atoms. The van der Waals surface area contributed by atoms with Crippen LogP contribution >= 0.6 is 42.0 Å². The maximum Gasteiger partial charge on any atom is 0.284 e. The van der Waals surface area contributed by atoms with E-state index in [1.54, 1.807) is 24.3 Å². The standard InChI is InChI=1S/C12H15Cl2O2PS/c13-17(14)16-11-7-5-10(6-8-11)12(15)4-2-1-3-9-18/h5-8,18H,1-4,9H2. The molecule has 0 amide bonds. The first-order valence-electron chi connectivity index (χ1n) is 5.67. The molecular formula is C12H15Cl2O2PS. The first-order valence-corrected chi connectivity index (χ1v) is 9.37. The van der Waals surface area contributed by atoms with Crippen LogP contribution in [0.2, 0.25) is 0 Å². The lowest BCUT2D eigenvalue weighted by Gasteiger charge is -2.06. The van der Waals surface area contributed by atoms with Gasteiger partial charge in [0.2, 0.25) is 0 Å². The maximum atomic E-state index is 11.8. The van der Waals surface area contributed by atoms with Gasteiger partial charge in [-0.25, -0.2) is 0 Å². The van der Waals surface area contributed by atoms with E-state index in [9.17, 15) is 4.79 Å². The van der Waals surface area contributed by atoms with Gasteiger partial charge in [0.25, 0.3) is 6.85 Å². The Morgan fingerprint density at radius 1 is 1.17 bits per heavy atom. The molecule has 2 nitrogen and oxygen atoms in total. The van der Waals surface area contributed by atoms with Crippen LogP contribution in [0.15, 0.2) is 24.3 Å². The van der Waals surface area contributed by atoms with Crippen LogP contribution in [-0.4, -0.2) is 11.5 Å². The van der Waals surface area contributed by atoms with Gasteiger partial charge in [0.05, 0.1) is 0 Å². The van der Waals surface area contributed by atoms with Crippen molar-refractivity contribution in [2.75, 3.05) is 5.75 Å². The summed E-state index contributed by atoms with van der Waals surface area (Å²) in [5, 5.41) is 0. The van der Waals surface area contributed by atoms with Gasteiger partial charge in [-0.2, -0.15) is 12.6 Å². The second-order valence-electron chi connectivity index (χ2n) is 3.78. The van der Waals surface area contributed by atoms with E-state index in [4.69, 9.17) is 27.0 Å². The molecule has 0 bridgehead atoms. The number of benzene rings is 1. The molecule has 0 aliphatic carbocycles. The number of hydrogen-bond acceptors (Lipinski definition) is 3. The van der Waals surface area contributed by atoms with Crippen LogP contribution in [-0.2, 0) is 0 Å². The molecule has 0 fully saturated rings. The summed E-state index contributed by atoms with van der Waals surface area (Å²) in [6.07, 6.45) is 3.58. The normalized spacial score (nSPS) is 10.7. The summed E-state index contributed by atoms with van der Waals surface area (Å²) in [7, 11) is 0. The molecule has 0 saturated heterocycles. The second kappa shape index (κ2) is 9.03. The SMILES string of the molecule is O=C(CCCCCS)c1ccc(OP(Cl)Cl)cc1. The van der Waals surface area contributed by atoms with Crippen molar-refractivity contribution in [3.05, 3.63) is 29.8 Å². The Bertz CT molecular complexity index is 371. The van der Waals surface area contributed by atoms with Gasteiger partial charge in [-0.15, -0.1) is 0 Å². The topological polar surface area (TPSA) is 26.3 Å². The van der Waals surface area contributed by atoms with Crippen molar-refractivity contribution in [2.45, 2.75) is 25.7 Å². The number of carbonyl (C=O) groups excluding carboxylic acids is 1. The summed E-state index contributed by atoms with van der Waals surface area (Å²) in [5.74, 6) is 1.61. The van der Waals surface area contributed by atoms with Crippen molar-refractivity contribution in [1.29, 1.82) is 0 Å². The fourth-order valence-electron chi connectivity index (χ4n) is 1.50. The zero-order valence-corrected chi connectivity index (χ0v) is 13.1. The van der Waals surface area contributed by atoms with Crippen molar-refractivity contribution in [3.63, 3.8) is 0 Å². The quantitative estimate of drug-likeness (QED) is 0.298. The molecule has 0 atom stereocenters. The van der Waals surface area contributed by atoms with E-state index in [0.717, 1.165) is 25.0 Å². The number of hydrogen-bond donors (Lipinski definition) is 1. The molecule has 6 heteroatoms. The van der Waals surface area contributed by atoms with Gasteiger partial charge >= 0.3 is 0 Å². The fraction of sp³-hybridized carbons (Fsp3) is 0.417. The lowest BCUT2D eigenvalue weighted by Crippen LogP contribution is -1.98. The van der Waals surface area contributed by atoms with Gasteiger partial charge in [-0.1, -0.05) is 6.42 Å². The summed E-state index contributed by atoms with van der Waals surface area (Å²) in [4.78, 5) is 11.8. The van der Waals surface area contributed by atoms with Crippen LogP contribution in [0.3, 0.4) is 0 Å². The lowest BCUT2D eigenvalue weighted by atomic mass is 10.0. The van der Waals surface area contributed by atoms with Gasteiger partial charge in [-0.05, 0) is 65.3 Å². The molecular weight excluding hydrogens is 310 g/mol. The number of thiol groups is 1. The van der Waals surface area contributed by atoms with Gasteiger partial charge in [0.15, 0.2) is 5.78 Å². The third kappa shape index (κ3) is 6.29. The summed E-state index contributed by atoms with van der Waals surface area (Å²) < 4.78 is 5.14. The molecule has 0 saturated carbocycles. The van der Waals surface area contributed by atoms with E-state index in [1.807, 2.05) is 0 Å². The minimum atomic E-state index is -1.46. The first kappa shape index (κ1) is 16.1. The molecule has 0 heterocycles. The summed E-state index contributed by atoms with van der Waals surface area (Å²) in [6, 6.07) is 6.90. The molecule has 100 valence electrons. The Kier molecular flexibility index (Phi) is 8.08. The Balaban J connectivity index is 2.43. The second-order valence-corrected chi connectivity index (χ2v) is 7.17. The highest BCUT2D eigenvalue weighted by Gasteiger charge is 2.07. The molecule has 1 rings (SSSR count). The molecule has 0 spiro atoms. The van der Waals surface area contributed by atoms with Crippen LogP contribution < -0.4 is 4.52 Å². The number of Topliss-reactive ketones (excluding diaryl/α,β-unsaturated/α-hetero) is 1. The highest BCUT2D eigenvalue weighted by Crippen LogP contribution is 2.47. The molecule has 0 aromatic heterocycles. The number of unbranched alkanes of at least 4 members (excludes halogenated alkanes) is 2. The molecule has 1 aromatic carbocycles. The summed E-state index contributed by atoms with van der Waals surface area (Å²) >= 11 is 15.2. The summed E-state index contributed by atoms with van der Waals surface area (Å²) in [5.41, 5.74) is 0.696. The van der Waals surface area contributed by atoms with Crippen LogP contribution in [0.5, 0.6) is 5.75 Å². The van der Waals surface area contributed by atoms with Crippen LogP contribution in [0.25, 0.3) is 0 Å². The van der Waals surface area contributed by atoms with E-state index in [0.29, 0.717) is 17.7 Å². The molecule has 1 aromatic rings. The van der Waals surface area contributed by atoms with Crippen molar-refractivity contribution in [2.24, 2.45) is 0 Å². The maximum absolute atomic E-state index is 11.8. The van der Waals surface area contributed by atoms with E-state index in [2.05, 4.69) is 12.6 Å². The molecule has 0 N–H and O–H groups in total. The number of carbonyl (C=O) groups is 1. The Hall–Kier alpha value is 0.0500.